The molecule has 2 aromatic rings. The van der Waals surface area contributed by atoms with E-state index in [-0.39, 0.29) is 0 Å². The second-order valence-corrected chi connectivity index (χ2v) is 5.25. The Kier molecular flexibility index (Phi) is 3.01. The van der Waals surface area contributed by atoms with Crippen molar-refractivity contribution in [3.8, 4) is 0 Å². The Labute approximate surface area is 91.7 Å². The lowest BCUT2D eigenvalue weighted by molar-refractivity contribution is 0.228. The van der Waals surface area contributed by atoms with Gasteiger partial charge in [0.05, 0.1) is 0 Å². The van der Waals surface area contributed by atoms with E-state index in [1.54, 1.807) is 22.7 Å². The normalized spacial score (nSPS) is 13.0. The van der Waals surface area contributed by atoms with Crippen molar-refractivity contribution in [3.05, 3.63) is 44.3 Å². The lowest BCUT2D eigenvalue weighted by atomic mass is 10.2. The third-order valence-electron chi connectivity index (χ3n) is 2.11. The molecule has 0 saturated carbocycles. The van der Waals surface area contributed by atoms with Gasteiger partial charge in [0, 0.05) is 14.6 Å². The highest BCUT2D eigenvalue weighted by molar-refractivity contribution is 7.12. The Bertz CT molecular complexity index is 389. The fourth-order valence-corrected chi connectivity index (χ4v) is 3.08. The topological polar surface area (TPSA) is 20.2 Å². The van der Waals surface area contributed by atoms with Crippen LogP contribution in [0, 0.1) is 0 Å². The molecule has 0 radical (unpaired) electrons. The van der Waals surface area contributed by atoms with Crippen molar-refractivity contribution in [1.82, 2.24) is 0 Å². The summed E-state index contributed by atoms with van der Waals surface area (Å²) in [5, 5.41) is 12.0. The van der Waals surface area contributed by atoms with E-state index in [1.807, 2.05) is 23.6 Å². The van der Waals surface area contributed by atoms with Crippen molar-refractivity contribution in [1.29, 1.82) is 0 Å². The van der Waals surface area contributed by atoms with Crippen molar-refractivity contribution >= 4 is 22.7 Å². The van der Waals surface area contributed by atoms with Crippen molar-refractivity contribution in [2.24, 2.45) is 0 Å². The maximum Gasteiger partial charge on any atom is 0.122 e. The molecular formula is C11H12OS2. The van der Waals surface area contributed by atoms with Gasteiger partial charge in [-0.15, -0.1) is 22.7 Å². The van der Waals surface area contributed by atoms with Crippen molar-refractivity contribution in [2.45, 2.75) is 19.4 Å². The van der Waals surface area contributed by atoms with Crippen molar-refractivity contribution < 1.29 is 5.11 Å². The van der Waals surface area contributed by atoms with E-state index in [4.69, 9.17) is 0 Å². The molecule has 0 aliphatic rings. The van der Waals surface area contributed by atoms with Crippen LogP contribution in [-0.2, 0) is 6.42 Å². The van der Waals surface area contributed by atoms with Gasteiger partial charge in [-0.1, -0.05) is 13.0 Å². The van der Waals surface area contributed by atoms with E-state index < -0.39 is 6.10 Å². The zero-order valence-corrected chi connectivity index (χ0v) is 9.57. The smallest absolute Gasteiger partial charge is 0.122 e. The fraction of sp³-hybridized carbons (Fsp3) is 0.273. The third-order valence-corrected chi connectivity index (χ3v) is 4.32. The SMILES string of the molecule is CCc1ccc(C(O)c2cccs2)s1. The molecule has 3 heteroatoms. The highest BCUT2D eigenvalue weighted by Crippen LogP contribution is 2.30. The van der Waals surface area contributed by atoms with Gasteiger partial charge >= 0.3 is 0 Å². The average molecular weight is 224 g/mol. The van der Waals surface area contributed by atoms with Gasteiger partial charge in [-0.2, -0.15) is 0 Å². The lowest BCUT2D eigenvalue weighted by Gasteiger charge is -2.04. The zero-order chi connectivity index (χ0) is 9.97. The summed E-state index contributed by atoms with van der Waals surface area (Å²) in [7, 11) is 0. The molecule has 2 rings (SSSR count). The first kappa shape index (κ1) is 9.90. The van der Waals surface area contributed by atoms with E-state index in [0.717, 1.165) is 16.2 Å². The number of hydrogen-bond donors (Lipinski definition) is 1. The number of aryl methyl sites for hydroxylation is 1. The first-order valence-corrected chi connectivity index (χ1v) is 6.31. The summed E-state index contributed by atoms with van der Waals surface area (Å²) in [5.41, 5.74) is 0. The van der Waals surface area contributed by atoms with Crippen LogP contribution in [0.3, 0.4) is 0 Å². The quantitative estimate of drug-likeness (QED) is 0.846. The van der Waals surface area contributed by atoms with Crippen molar-refractivity contribution in [3.63, 3.8) is 0 Å². The molecule has 14 heavy (non-hydrogen) atoms. The van der Waals surface area contributed by atoms with Gasteiger partial charge in [-0.3, -0.25) is 0 Å². The van der Waals surface area contributed by atoms with Crippen LogP contribution >= 0.6 is 22.7 Å². The number of aliphatic hydroxyl groups is 1. The number of rotatable bonds is 3. The predicted octanol–water partition coefficient (Wildman–Crippen LogP) is 3.45. The van der Waals surface area contributed by atoms with E-state index in [2.05, 4.69) is 13.0 Å². The largest absolute Gasteiger partial charge is 0.382 e. The maximum absolute atomic E-state index is 10.0. The van der Waals surface area contributed by atoms with Crippen LogP contribution in [0.25, 0.3) is 0 Å². The monoisotopic (exact) mass is 224 g/mol. The average Bonchev–Trinajstić information content (AvgIpc) is 2.88. The second kappa shape index (κ2) is 4.26. The molecule has 1 nitrogen and oxygen atoms in total. The minimum absolute atomic E-state index is 0.430. The summed E-state index contributed by atoms with van der Waals surface area (Å²) in [4.78, 5) is 3.40. The van der Waals surface area contributed by atoms with E-state index >= 15 is 0 Å². The van der Waals surface area contributed by atoms with Gasteiger partial charge in [-0.05, 0) is 30.0 Å². The van der Waals surface area contributed by atoms with E-state index in [0.29, 0.717) is 0 Å². The van der Waals surface area contributed by atoms with E-state index in [1.165, 1.54) is 4.88 Å². The Morgan fingerprint density at radius 3 is 2.71 bits per heavy atom. The Hall–Kier alpha value is -0.640. The van der Waals surface area contributed by atoms with Crippen LogP contribution in [0.5, 0.6) is 0 Å². The molecule has 1 unspecified atom stereocenters. The molecule has 74 valence electrons. The molecule has 0 spiro atoms. The summed E-state index contributed by atoms with van der Waals surface area (Å²) in [6.07, 6.45) is 0.613. The molecule has 0 aromatic carbocycles. The number of thiophene rings is 2. The lowest BCUT2D eigenvalue weighted by Crippen LogP contribution is -1.92. The second-order valence-electron chi connectivity index (χ2n) is 3.08. The first-order chi connectivity index (χ1) is 6.81. The Morgan fingerprint density at radius 2 is 2.14 bits per heavy atom. The summed E-state index contributed by atoms with van der Waals surface area (Å²) in [6.45, 7) is 2.13. The molecule has 2 aromatic heterocycles. The molecule has 2 heterocycles. The minimum atomic E-state index is -0.430. The van der Waals surface area contributed by atoms with Crippen LogP contribution in [0.1, 0.15) is 27.7 Å². The summed E-state index contributed by atoms with van der Waals surface area (Å²) in [6, 6.07) is 8.06. The summed E-state index contributed by atoms with van der Waals surface area (Å²) < 4.78 is 0. The van der Waals surface area contributed by atoms with Crippen LogP contribution in [-0.4, -0.2) is 5.11 Å². The van der Waals surface area contributed by atoms with E-state index in [9.17, 15) is 5.11 Å². The van der Waals surface area contributed by atoms with Crippen LogP contribution in [0.15, 0.2) is 29.6 Å². The standard InChI is InChI=1S/C11H12OS2/c1-2-8-5-6-10(14-8)11(12)9-4-3-7-13-9/h3-7,11-12H,2H2,1H3. The Morgan fingerprint density at radius 1 is 1.29 bits per heavy atom. The molecule has 0 saturated heterocycles. The van der Waals surface area contributed by atoms with Crippen LogP contribution in [0.2, 0.25) is 0 Å². The van der Waals surface area contributed by atoms with Crippen LogP contribution < -0.4 is 0 Å². The summed E-state index contributed by atoms with van der Waals surface area (Å²) >= 11 is 3.30. The fourth-order valence-electron chi connectivity index (χ4n) is 1.32. The van der Waals surface area contributed by atoms with Crippen LogP contribution in [0.4, 0.5) is 0 Å². The molecule has 0 aliphatic heterocycles. The summed E-state index contributed by atoms with van der Waals surface area (Å²) in [5.74, 6) is 0. The number of aliphatic hydroxyl groups excluding tert-OH is 1. The maximum atomic E-state index is 10.0. The van der Waals surface area contributed by atoms with Gasteiger partial charge in [0.1, 0.15) is 6.10 Å². The highest BCUT2D eigenvalue weighted by atomic mass is 32.1. The van der Waals surface area contributed by atoms with Gasteiger partial charge in [0.25, 0.3) is 0 Å². The highest BCUT2D eigenvalue weighted by Gasteiger charge is 2.13. The molecule has 1 atom stereocenters. The van der Waals surface area contributed by atoms with Crippen molar-refractivity contribution in [2.75, 3.05) is 0 Å². The van der Waals surface area contributed by atoms with Gasteiger partial charge in [-0.25, -0.2) is 0 Å². The molecule has 0 aliphatic carbocycles. The number of hydrogen-bond acceptors (Lipinski definition) is 3. The molecule has 1 N–H and O–H groups in total. The Balaban J connectivity index is 2.23. The predicted molar refractivity (Wildman–Crippen MR) is 62.1 cm³/mol. The molecular weight excluding hydrogens is 212 g/mol. The molecule has 0 fully saturated rings. The first-order valence-electron chi connectivity index (χ1n) is 4.61. The minimum Gasteiger partial charge on any atom is -0.382 e. The molecule has 0 bridgehead atoms. The van der Waals surface area contributed by atoms with Gasteiger partial charge in [0.2, 0.25) is 0 Å². The van der Waals surface area contributed by atoms with Gasteiger partial charge in [0.15, 0.2) is 0 Å². The third kappa shape index (κ3) is 1.90. The molecule has 0 amide bonds. The zero-order valence-electron chi connectivity index (χ0n) is 7.93. The van der Waals surface area contributed by atoms with Gasteiger partial charge < -0.3 is 5.11 Å².